The highest BCUT2D eigenvalue weighted by molar-refractivity contribution is 7.80. The van der Waals surface area contributed by atoms with Crippen LogP contribution >= 0.6 is 12.2 Å². The van der Waals surface area contributed by atoms with E-state index in [1.54, 1.807) is 0 Å². The van der Waals surface area contributed by atoms with Gasteiger partial charge in [0.15, 0.2) is 0 Å². The highest BCUT2D eigenvalue weighted by atomic mass is 32.1. The molecule has 1 saturated heterocycles. The second-order valence-corrected chi connectivity index (χ2v) is 6.86. The normalized spacial score (nSPS) is 20.1. The van der Waals surface area contributed by atoms with Gasteiger partial charge in [-0.1, -0.05) is 69.2 Å². The summed E-state index contributed by atoms with van der Waals surface area (Å²) < 4.78 is 0. The van der Waals surface area contributed by atoms with Crippen LogP contribution in [0.1, 0.15) is 57.6 Å². The lowest BCUT2D eigenvalue weighted by molar-refractivity contribution is 0.0676. The van der Waals surface area contributed by atoms with Crippen LogP contribution in [0.25, 0.3) is 0 Å². The summed E-state index contributed by atoms with van der Waals surface area (Å²) in [7, 11) is 0. The maximum absolute atomic E-state index is 5.85. The van der Waals surface area contributed by atoms with E-state index in [1.165, 1.54) is 31.2 Å². The van der Waals surface area contributed by atoms with Crippen molar-refractivity contribution in [1.82, 2.24) is 4.90 Å². The second kappa shape index (κ2) is 7.37. The van der Waals surface area contributed by atoms with Crippen molar-refractivity contribution in [3.05, 3.63) is 35.9 Å². The lowest BCUT2D eigenvalue weighted by Gasteiger charge is -2.44. The van der Waals surface area contributed by atoms with Crippen molar-refractivity contribution in [2.75, 3.05) is 13.1 Å². The average molecular weight is 305 g/mol. The first-order valence-corrected chi connectivity index (χ1v) is 8.58. The van der Waals surface area contributed by atoms with Crippen LogP contribution in [0.4, 0.5) is 0 Å². The minimum absolute atomic E-state index is 0.343. The number of nitrogens with two attached hydrogens (primary N) is 1. The Hall–Kier alpha value is -0.930. The van der Waals surface area contributed by atoms with Crippen molar-refractivity contribution in [3.63, 3.8) is 0 Å². The number of hydrogen-bond donors (Lipinski definition) is 1. The molecule has 1 unspecified atom stereocenters. The highest BCUT2D eigenvalue weighted by Gasteiger charge is 2.34. The van der Waals surface area contributed by atoms with Crippen LogP contribution in [0.15, 0.2) is 30.3 Å². The molecule has 0 radical (unpaired) electrons. The quantitative estimate of drug-likeness (QED) is 0.794. The van der Waals surface area contributed by atoms with Gasteiger partial charge >= 0.3 is 0 Å². The Morgan fingerprint density at radius 2 is 1.76 bits per heavy atom. The summed E-state index contributed by atoms with van der Waals surface area (Å²) in [6, 6.07) is 11.0. The predicted octanol–water partition coefficient (Wildman–Crippen LogP) is 4.31. The van der Waals surface area contributed by atoms with Crippen molar-refractivity contribution in [3.8, 4) is 0 Å². The Morgan fingerprint density at radius 1 is 1.19 bits per heavy atom. The Morgan fingerprint density at radius 3 is 2.24 bits per heavy atom. The van der Waals surface area contributed by atoms with Crippen LogP contribution in [-0.2, 0) is 0 Å². The van der Waals surface area contributed by atoms with Crippen LogP contribution in [0, 0.1) is 5.41 Å². The number of piperidine rings is 1. The first-order valence-electron chi connectivity index (χ1n) is 8.17. The third-order valence-corrected chi connectivity index (χ3v) is 5.55. The van der Waals surface area contributed by atoms with E-state index in [9.17, 15) is 0 Å². The van der Waals surface area contributed by atoms with Crippen LogP contribution in [0.3, 0.4) is 0 Å². The van der Waals surface area contributed by atoms with Crippen LogP contribution < -0.4 is 5.73 Å². The van der Waals surface area contributed by atoms with Gasteiger partial charge in [0.25, 0.3) is 0 Å². The fourth-order valence-corrected chi connectivity index (χ4v) is 3.75. The van der Waals surface area contributed by atoms with Crippen molar-refractivity contribution < 1.29 is 0 Å². The summed E-state index contributed by atoms with van der Waals surface area (Å²) in [4.78, 5) is 3.20. The van der Waals surface area contributed by atoms with E-state index in [2.05, 4.69) is 49.1 Å². The molecule has 0 saturated carbocycles. The third-order valence-electron chi connectivity index (χ3n) is 5.38. The van der Waals surface area contributed by atoms with Gasteiger partial charge in [0.1, 0.15) is 0 Å². The molecule has 21 heavy (non-hydrogen) atoms. The van der Waals surface area contributed by atoms with Gasteiger partial charge in [0, 0.05) is 12.5 Å². The number of thiocarbonyl (C=S) groups is 1. The van der Waals surface area contributed by atoms with E-state index in [0.29, 0.717) is 16.4 Å². The standard InChI is InChI=1S/C18H28N2S/c1-3-18(4-2)10-12-20(13-11-18)16(14-17(19)21)15-8-6-5-7-9-15/h5-9,16H,3-4,10-14H2,1-2H3,(H2,19,21). The molecule has 1 aliphatic heterocycles. The molecule has 0 spiro atoms. The van der Waals surface area contributed by atoms with Gasteiger partial charge in [-0.15, -0.1) is 0 Å². The average Bonchev–Trinajstić information content (AvgIpc) is 2.53. The van der Waals surface area contributed by atoms with Gasteiger partial charge in [-0.3, -0.25) is 4.90 Å². The molecule has 2 nitrogen and oxygen atoms in total. The van der Waals surface area contributed by atoms with E-state index in [-0.39, 0.29) is 0 Å². The second-order valence-electron chi connectivity index (χ2n) is 6.34. The molecular weight excluding hydrogens is 276 g/mol. The molecule has 1 fully saturated rings. The van der Waals surface area contributed by atoms with Gasteiger partial charge in [-0.2, -0.15) is 0 Å². The molecule has 0 amide bonds. The maximum atomic E-state index is 5.85. The molecule has 116 valence electrons. The molecule has 2 N–H and O–H groups in total. The topological polar surface area (TPSA) is 29.3 Å². The largest absolute Gasteiger partial charge is 0.393 e. The lowest BCUT2D eigenvalue weighted by atomic mass is 9.74. The maximum Gasteiger partial charge on any atom is 0.0746 e. The van der Waals surface area contributed by atoms with E-state index >= 15 is 0 Å². The summed E-state index contributed by atoms with van der Waals surface area (Å²) in [6.07, 6.45) is 5.96. The van der Waals surface area contributed by atoms with E-state index < -0.39 is 0 Å². The smallest absolute Gasteiger partial charge is 0.0746 e. The zero-order chi connectivity index (χ0) is 15.3. The molecule has 1 atom stereocenters. The van der Waals surface area contributed by atoms with Crippen molar-refractivity contribution >= 4 is 17.2 Å². The number of likely N-dealkylation sites (tertiary alicyclic amines) is 1. The van der Waals surface area contributed by atoms with Gasteiger partial charge in [0.2, 0.25) is 0 Å². The number of hydrogen-bond acceptors (Lipinski definition) is 2. The molecule has 3 heteroatoms. The Balaban J connectivity index is 2.11. The van der Waals surface area contributed by atoms with Crippen LogP contribution in [0.5, 0.6) is 0 Å². The number of rotatable bonds is 6. The summed E-state index contributed by atoms with van der Waals surface area (Å²) >= 11 is 5.18. The number of nitrogens with zero attached hydrogens (tertiary/aromatic N) is 1. The van der Waals surface area contributed by atoms with Crippen LogP contribution in [0.2, 0.25) is 0 Å². The molecule has 1 aromatic carbocycles. The van der Waals surface area contributed by atoms with E-state index in [1.807, 2.05) is 0 Å². The summed E-state index contributed by atoms with van der Waals surface area (Å²) in [5.41, 5.74) is 7.74. The lowest BCUT2D eigenvalue weighted by Crippen LogP contribution is -2.42. The van der Waals surface area contributed by atoms with E-state index in [0.717, 1.165) is 19.5 Å². The fraction of sp³-hybridized carbons (Fsp3) is 0.611. The van der Waals surface area contributed by atoms with Crippen molar-refractivity contribution in [1.29, 1.82) is 0 Å². The Kier molecular flexibility index (Phi) is 5.77. The summed E-state index contributed by atoms with van der Waals surface area (Å²) in [5, 5.41) is 0. The van der Waals surface area contributed by atoms with Crippen LogP contribution in [-0.4, -0.2) is 23.0 Å². The molecule has 0 aromatic heterocycles. The van der Waals surface area contributed by atoms with Crippen molar-refractivity contribution in [2.45, 2.75) is 52.0 Å². The molecule has 0 aliphatic carbocycles. The SMILES string of the molecule is CCC1(CC)CCN(C(CC(N)=S)c2ccccc2)CC1. The number of benzene rings is 1. The zero-order valence-corrected chi connectivity index (χ0v) is 14.2. The molecule has 0 bridgehead atoms. The first kappa shape index (κ1) is 16.4. The minimum Gasteiger partial charge on any atom is -0.393 e. The van der Waals surface area contributed by atoms with Gasteiger partial charge in [0.05, 0.1) is 4.99 Å². The molecule has 1 aliphatic rings. The summed E-state index contributed by atoms with van der Waals surface area (Å²) in [6.45, 7) is 6.99. The summed E-state index contributed by atoms with van der Waals surface area (Å²) in [5.74, 6) is 0. The molecule has 1 heterocycles. The van der Waals surface area contributed by atoms with Gasteiger partial charge in [-0.05, 0) is 36.9 Å². The highest BCUT2D eigenvalue weighted by Crippen LogP contribution is 2.40. The third kappa shape index (κ3) is 4.04. The van der Waals surface area contributed by atoms with E-state index in [4.69, 9.17) is 18.0 Å². The molecule has 1 aromatic rings. The van der Waals surface area contributed by atoms with Gasteiger partial charge < -0.3 is 5.73 Å². The first-order chi connectivity index (χ1) is 10.1. The zero-order valence-electron chi connectivity index (χ0n) is 13.3. The van der Waals surface area contributed by atoms with Crippen molar-refractivity contribution in [2.24, 2.45) is 11.1 Å². The fourth-order valence-electron chi connectivity index (χ4n) is 3.59. The molecule has 2 rings (SSSR count). The van der Waals surface area contributed by atoms with Gasteiger partial charge in [-0.25, -0.2) is 0 Å². The molecular formula is C18H28N2S. The predicted molar refractivity (Wildman–Crippen MR) is 94.4 cm³/mol. The monoisotopic (exact) mass is 304 g/mol. The minimum atomic E-state index is 0.343. The Labute approximate surface area is 134 Å². The Bertz CT molecular complexity index is 444.